The van der Waals surface area contributed by atoms with Gasteiger partial charge in [0, 0.05) is 0 Å². The number of esters is 2. The maximum absolute atomic E-state index is 13.9. The van der Waals surface area contributed by atoms with E-state index in [0.29, 0.717) is 36.0 Å². The number of halogens is 2. The summed E-state index contributed by atoms with van der Waals surface area (Å²) in [6.45, 7) is 4.23. The summed E-state index contributed by atoms with van der Waals surface area (Å²) < 4.78 is 30.3. The van der Waals surface area contributed by atoms with Crippen molar-refractivity contribution >= 4 is 23.5 Å². The minimum absolute atomic E-state index is 0.0918. The van der Waals surface area contributed by atoms with E-state index in [9.17, 15) is 14.0 Å². The molecule has 1 saturated carbocycles. The number of unbranched alkanes of at least 4 members (excludes halogenated alkanes) is 1. The maximum atomic E-state index is 13.9. The molecule has 0 spiro atoms. The van der Waals surface area contributed by atoms with Crippen LogP contribution in [-0.4, -0.2) is 36.2 Å². The third kappa shape index (κ3) is 9.99. The van der Waals surface area contributed by atoms with Crippen molar-refractivity contribution in [3.8, 4) is 11.5 Å². The largest absolute Gasteiger partial charge is 0.492 e. The Morgan fingerprint density at radius 1 is 1.00 bits per heavy atom. The molecule has 2 atom stereocenters. The Kier molecular flexibility index (Phi) is 11.7. The van der Waals surface area contributed by atoms with Gasteiger partial charge in [-0.15, -0.1) is 11.6 Å². The molecule has 0 amide bonds. The molecule has 202 valence electrons. The number of carbonyl (C=O) groups is 2. The highest BCUT2D eigenvalue weighted by Crippen LogP contribution is 2.30. The van der Waals surface area contributed by atoms with Crippen molar-refractivity contribution < 1.29 is 28.2 Å². The third-order valence-corrected chi connectivity index (χ3v) is 6.81. The molecule has 0 bridgehead atoms. The lowest BCUT2D eigenvalue weighted by Gasteiger charge is -2.28. The van der Waals surface area contributed by atoms with Crippen LogP contribution in [0.25, 0.3) is 0 Å². The van der Waals surface area contributed by atoms with Crippen LogP contribution in [0, 0.1) is 5.92 Å². The number of aryl methyl sites for hydroxylation is 1. The van der Waals surface area contributed by atoms with Gasteiger partial charge in [-0.2, -0.15) is 0 Å². The zero-order valence-electron chi connectivity index (χ0n) is 21.8. The molecular weight excluding hydrogens is 495 g/mol. The first-order valence-corrected chi connectivity index (χ1v) is 13.8. The highest BCUT2D eigenvalue weighted by atomic mass is 35.5. The first kappa shape index (κ1) is 29.0. The van der Waals surface area contributed by atoms with Crippen LogP contribution >= 0.6 is 11.6 Å². The Morgan fingerprint density at radius 2 is 1.65 bits per heavy atom. The average Bonchev–Trinajstić information content (AvgIpc) is 2.91. The first-order valence-electron chi connectivity index (χ1n) is 13.4. The van der Waals surface area contributed by atoms with Crippen LogP contribution in [0.3, 0.4) is 0 Å². The SMILES string of the molecule is CCCCC(F)C(=O)OC1CCC(CCc2ccc(OC(=O)c3ccc(OCC(C)Cl)cc3)cc2)CC1. The molecular formula is C30H38ClFO5. The Hall–Kier alpha value is -2.60. The molecule has 0 aromatic heterocycles. The normalized spacial score (nSPS) is 19.0. The molecule has 5 nitrogen and oxygen atoms in total. The fourth-order valence-corrected chi connectivity index (χ4v) is 4.50. The number of rotatable bonds is 13. The molecule has 0 radical (unpaired) electrons. The molecule has 1 fully saturated rings. The van der Waals surface area contributed by atoms with E-state index in [1.807, 2.05) is 38.1 Å². The number of hydrogen-bond donors (Lipinski definition) is 0. The van der Waals surface area contributed by atoms with Crippen molar-refractivity contribution in [1.29, 1.82) is 0 Å². The van der Waals surface area contributed by atoms with Gasteiger partial charge in [-0.25, -0.2) is 14.0 Å². The second-order valence-corrected chi connectivity index (χ2v) is 10.6. The van der Waals surface area contributed by atoms with Crippen molar-refractivity contribution in [3.63, 3.8) is 0 Å². The molecule has 0 aliphatic heterocycles. The van der Waals surface area contributed by atoms with Gasteiger partial charge in [-0.05, 0) is 99.7 Å². The van der Waals surface area contributed by atoms with Crippen LogP contribution in [0.1, 0.15) is 81.1 Å². The van der Waals surface area contributed by atoms with Gasteiger partial charge in [-0.3, -0.25) is 0 Å². The zero-order chi connectivity index (χ0) is 26.6. The summed E-state index contributed by atoms with van der Waals surface area (Å²) in [7, 11) is 0. The van der Waals surface area contributed by atoms with E-state index in [2.05, 4.69) is 0 Å². The van der Waals surface area contributed by atoms with Gasteiger partial charge in [0.05, 0.1) is 10.9 Å². The Labute approximate surface area is 224 Å². The molecule has 0 heterocycles. The van der Waals surface area contributed by atoms with E-state index in [-0.39, 0.29) is 17.9 Å². The Bertz CT molecular complexity index is 968. The Morgan fingerprint density at radius 3 is 2.27 bits per heavy atom. The van der Waals surface area contributed by atoms with E-state index < -0.39 is 18.1 Å². The maximum Gasteiger partial charge on any atom is 0.343 e. The molecule has 3 rings (SSSR count). The summed E-state index contributed by atoms with van der Waals surface area (Å²) in [4.78, 5) is 24.4. The zero-order valence-corrected chi connectivity index (χ0v) is 22.6. The average molecular weight is 533 g/mol. The van der Waals surface area contributed by atoms with Gasteiger partial charge in [-0.1, -0.05) is 31.9 Å². The number of carbonyl (C=O) groups excluding carboxylic acids is 2. The molecule has 0 N–H and O–H groups in total. The molecule has 37 heavy (non-hydrogen) atoms. The van der Waals surface area contributed by atoms with Crippen molar-refractivity contribution in [3.05, 3.63) is 59.7 Å². The van der Waals surface area contributed by atoms with Crippen molar-refractivity contribution in [2.75, 3.05) is 6.61 Å². The highest BCUT2D eigenvalue weighted by Gasteiger charge is 2.27. The van der Waals surface area contributed by atoms with Gasteiger partial charge in [0.25, 0.3) is 0 Å². The van der Waals surface area contributed by atoms with E-state index in [1.54, 1.807) is 24.3 Å². The fraction of sp³-hybridized carbons (Fsp3) is 0.533. The number of ether oxygens (including phenoxy) is 3. The van der Waals surface area contributed by atoms with Crippen molar-refractivity contribution in [2.45, 2.75) is 89.3 Å². The van der Waals surface area contributed by atoms with Crippen LogP contribution in [0.2, 0.25) is 0 Å². The molecule has 2 aromatic carbocycles. The number of benzene rings is 2. The molecule has 2 aromatic rings. The summed E-state index contributed by atoms with van der Waals surface area (Å²) in [5, 5.41) is -0.0918. The van der Waals surface area contributed by atoms with Crippen LogP contribution in [0.15, 0.2) is 48.5 Å². The summed E-state index contributed by atoms with van der Waals surface area (Å²) in [6, 6.07) is 14.4. The second kappa shape index (κ2) is 15.0. The third-order valence-electron chi connectivity index (χ3n) is 6.69. The standard InChI is InChI=1S/C30H38ClFO5/c1-3-4-5-28(32)30(34)37-27-16-10-23(11-17-27)7-6-22-8-14-26(15-9-22)36-29(33)24-12-18-25(19-13-24)35-20-21(2)31/h8-9,12-15,18-19,21,23,27-28H,3-7,10-11,16-17,20H2,1-2H3. The second-order valence-electron chi connectivity index (χ2n) is 9.88. The highest BCUT2D eigenvalue weighted by molar-refractivity contribution is 6.20. The van der Waals surface area contributed by atoms with Crippen LogP contribution < -0.4 is 9.47 Å². The Balaban J connectivity index is 1.37. The first-order chi connectivity index (χ1) is 17.8. The lowest BCUT2D eigenvalue weighted by atomic mass is 9.83. The monoisotopic (exact) mass is 532 g/mol. The van der Waals surface area contributed by atoms with E-state index in [0.717, 1.165) is 44.9 Å². The van der Waals surface area contributed by atoms with Gasteiger partial charge >= 0.3 is 11.9 Å². The van der Waals surface area contributed by atoms with Crippen LogP contribution in [-0.2, 0) is 16.0 Å². The van der Waals surface area contributed by atoms with Crippen LogP contribution in [0.5, 0.6) is 11.5 Å². The minimum Gasteiger partial charge on any atom is -0.492 e. The van der Waals surface area contributed by atoms with Gasteiger partial charge < -0.3 is 14.2 Å². The smallest absolute Gasteiger partial charge is 0.343 e. The summed E-state index contributed by atoms with van der Waals surface area (Å²) in [5.41, 5.74) is 1.62. The topological polar surface area (TPSA) is 61.8 Å². The van der Waals surface area contributed by atoms with Crippen LogP contribution in [0.4, 0.5) is 4.39 Å². The molecule has 1 aliphatic rings. The fourth-order valence-electron chi connectivity index (χ4n) is 4.44. The molecule has 1 aliphatic carbocycles. The molecule has 0 saturated heterocycles. The van der Waals surface area contributed by atoms with Gasteiger partial charge in [0.1, 0.15) is 24.2 Å². The molecule has 7 heteroatoms. The lowest BCUT2D eigenvalue weighted by molar-refractivity contribution is -0.157. The van der Waals surface area contributed by atoms with Crippen molar-refractivity contribution in [1.82, 2.24) is 0 Å². The van der Waals surface area contributed by atoms with Crippen molar-refractivity contribution in [2.24, 2.45) is 5.92 Å². The molecule has 2 unspecified atom stereocenters. The summed E-state index contributed by atoms with van der Waals surface area (Å²) in [6.07, 6.45) is 5.69. The quantitative estimate of drug-likeness (QED) is 0.152. The predicted molar refractivity (Wildman–Crippen MR) is 143 cm³/mol. The summed E-state index contributed by atoms with van der Waals surface area (Å²) in [5.74, 6) is 0.595. The predicted octanol–water partition coefficient (Wildman–Crippen LogP) is 7.47. The lowest BCUT2D eigenvalue weighted by Crippen LogP contribution is -2.29. The minimum atomic E-state index is -1.50. The number of hydrogen-bond acceptors (Lipinski definition) is 5. The summed E-state index contributed by atoms with van der Waals surface area (Å²) >= 11 is 5.89. The van der Waals surface area contributed by atoms with Gasteiger partial charge in [0.15, 0.2) is 6.17 Å². The van der Waals surface area contributed by atoms with E-state index in [1.165, 1.54) is 5.56 Å². The van der Waals surface area contributed by atoms with E-state index in [4.69, 9.17) is 25.8 Å². The number of alkyl halides is 2. The van der Waals surface area contributed by atoms with Gasteiger partial charge in [0.2, 0.25) is 0 Å². The van der Waals surface area contributed by atoms with E-state index >= 15 is 0 Å².